The first-order chi connectivity index (χ1) is 31.2. The fourth-order valence-corrected chi connectivity index (χ4v) is 9.07. The predicted molar refractivity (Wildman–Crippen MR) is 262 cm³/mol. The van der Waals surface area contributed by atoms with Crippen LogP contribution in [0.15, 0.2) is 231 Å². The highest BCUT2D eigenvalue weighted by atomic mass is 15.0. The molecule has 0 N–H and O–H groups in total. The van der Waals surface area contributed by atoms with E-state index in [1.54, 1.807) is 0 Å². The summed E-state index contributed by atoms with van der Waals surface area (Å²) in [6.45, 7) is 0. The van der Waals surface area contributed by atoms with E-state index in [9.17, 15) is 0 Å². The highest BCUT2D eigenvalue weighted by Gasteiger charge is 2.19. The molecule has 0 unspecified atom stereocenters. The van der Waals surface area contributed by atoms with Crippen LogP contribution in [0.25, 0.3) is 117 Å². The fourth-order valence-electron chi connectivity index (χ4n) is 9.07. The summed E-state index contributed by atoms with van der Waals surface area (Å²) in [6, 6.07) is 81.6. The molecule has 0 spiro atoms. The van der Waals surface area contributed by atoms with Crippen LogP contribution in [0, 0.1) is 0 Å². The van der Waals surface area contributed by atoms with Crippen molar-refractivity contribution in [2.45, 2.75) is 0 Å². The van der Waals surface area contributed by atoms with Crippen molar-refractivity contribution in [2.24, 2.45) is 0 Å². The van der Waals surface area contributed by atoms with Crippen LogP contribution in [0.3, 0.4) is 0 Å². The second-order valence-electron chi connectivity index (χ2n) is 16.0. The Hall–Kier alpha value is -8.47. The van der Waals surface area contributed by atoms with Gasteiger partial charge in [0.2, 0.25) is 0 Å². The van der Waals surface area contributed by atoms with E-state index in [-0.39, 0.29) is 0 Å². The lowest BCUT2D eigenvalue weighted by atomic mass is 9.97. The normalized spacial score (nSPS) is 11.5. The van der Waals surface area contributed by atoms with Gasteiger partial charge in [-0.25, -0.2) is 15.0 Å². The number of hydrogen-bond acceptors (Lipinski definition) is 3. The van der Waals surface area contributed by atoms with Gasteiger partial charge in [0.25, 0.3) is 0 Å². The van der Waals surface area contributed by atoms with Crippen LogP contribution in [0.4, 0.5) is 0 Å². The Morgan fingerprint density at radius 3 is 1.41 bits per heavy atom. The van der Waals surface area contributed by atoms with Crippen LogP contribution in [-0.4, -0.2) is 19.5 Å². The largest absolute Gasteiger partial charge is 0.309 e. The van der Waals surface area contributed by atoms with Crippen LogP contribution in [0.2, 0.25) is 0 Å². The summed E-state index contributed by atoms with van der Waals surface area (Å²) in [5, 5.41) is 5.88. The van der Waals surface area contributed by atoms with Crippen molar-refractivity contribution in [2.75, 3.05) is 0 Å². The van der Waals surface area contributed by atoms with Crippen LogP contribution in [-0.2, 0) is 0 Å². The Morgan fingerprint density at radius 2 is 0.762 bits per heavy atom. The molecular formula is C59H38N4. The molecule has 294 valence electrons. The minimum Gasteiger partial charge on any atom is -0.309 e. The highest BCUT2D eigenvalue weighted by Crippen LogP contribution is 2.41. The molecule has 0 aliphatic carbocycles. The average Bonchev–Trinajstić information content (AvgIpc) is 3.69. The Morgan fingerprint density at radius 1 is 0.270 bits per heavy atom. The van der Waals surface area contributed by atoms with Crippen LogP contribution in [0.1, 0.15) is 0 Å². The van der Waals surface area contributed by atoms with Gasteiger partial charge in [0, 0.05) is 49.5 Å². The minimum atomic E-state index is 0.701. The monoisotopic (exact) mass is 802 g/mol. The van der Waals surface area contributed by atoms with Gasteiger partial charge < -0.3 is 4.57 Å². The molecular weight excluding hydrogens is 765 g/mol. The SMILES string of the molecule is c1ccc(-c2ccc(-c3cc(-c4ccc(-c5ccc6c(c5)c5cc7c(cc5n6-c5ccccc5)c(-c5ccccc5)nc5ccccc57)cc4)nc(-c4ccccc4)n3)cc2)cc1. The molecule has 12 rings (SSSR count). The van der Waals surface area contributed by atoms with Crippen LogP contribution in [0.5, 0.6) is 0 Å². The van der Waals surface area contributed by atoms with Gasteiger partial charge in [-0.3, -0.25) is 0 Å². The molecule has 4 heteroatoms. The lowest BCUT2D eigenvalue weighted by Crippen LogP contribution is -1.96. The smallest absolute Gasteiger partial charge is 0.160 e. The fraction of sp³-hybridized carbons (Fsp3) is 0. The summed E-state index contributed by atoms with van der Waals surface area (Å²) in [5.41, 5.74) is 16.0. The maximum atomic E-state index is 5.26. The molecule has 0 amide bonds. The van der Waals surface area contributed by atoms with Crippen molar-refractivity contribution in [3.8, 4) is 73.1 Å². The molecule has 0 atom stereocenters. The van der Waals surface area contributed by atoms with E-state index >= 15 is 0 Å². The quantitative estimate of drug-likeness (QED) is 0.151. The number of aromatic nitrogens is 4. The van der Waals surface area contributed by atoms with Crippen molar-refractivity contribution in [3.63, 3.8) is 0 Å². The average molecular weight is 803 g/mol. The van der Waals surface area contributed by atoms with E-state index in [1.807, 2.05) is 24.3 Å². The molecule has 4 nitrogen and oxygen atoms in total. The van der Waals surface area contributed by atoms with Gasteiger partial charge in [-0.05, 0) is 76.2 Å². The summed E-state index contributed by atoms with van der Waals surface area (Å²) in [7, 11) is 0. The lowest BCUT2D eigenvalue weighted by Gasteiger charge is -2.12. The Labute approximate surface area is 365 Å². The van der Waals surface area contributed by atoms with Crippen molar-refractivity contribution < 1.29 is 0 Å². The van der Waals surface area contributed by atoms with Gasteiger partial charge in [-0.2, -0.15) is 0 Å². The molecule has 0 aliphatic rings. The second kappa shape index (κ2) is 15.2. The number of para-hydroxylation sites is 2. The molecule has 0 radical (unpaired) electrons. The first kappa shape index (κ1) is 36.4. The predicted octanol–water partition coefficient (Wildman–Crippen LogP) is 15.3. The van der Waals surface area contributed by atoms with Gasteiger partial charge >= 0.3 is 0 Å². The topological polar surface area (TPSA) is 43.6 Å². The van der Waals surface area contributed by atoms with Crippen molar-refractivity contribution >= 4 is 43.5 Å². The molecule has 0 saturated carbocycles. The zero-order valence-electron chi connectivity index (χ0n) is 34.2. The van der Waals surface area contributed by atoms with Crippen molar-refractivity contribution in [3.05, 3.63) is 231 Å². The van der Waals surface area contributed by atoms with Gasteiger partial charge in [-0.1, -0.05) is 182 Å². The summed E-state index contributed by atoms with van der Waals surface area (Å²) >= 11 is 0. The maximum Gasteiger partial charge on any atom is 0.160 e. The van der Waals surface area contributed by atoms with E-state index < -0.39 is 0 Å². The zero-order chi connectivity index (χ0) is 41.7. The van der Waals surface area contributed by atoms with Gasteiger partial charge in [-0.15, -0.1) is 0 Å². The maximum absolute atomic E-state index is 5.26. The molecule has 3 aromatic heterocycles. The molecule has 63 heavy (non-hydrogen) atoms. The van der Waals surface area contributed by atoms with E-state index in [4.69, 9.17) is 15.0 Å². The molecule has 0 aliphatic heterocycles. The van der Waals surface area contributed by atoms with E-state index in [0.29, 0.717) is 5.82 Å². The molecule has 0 saturated heterocycles. The molecule has 3 heterocycles. The number of rotatable bonds is 7. The Balaban J connectivity index is 0.984. The highest BCUT2D eigenvalue weighted by molar-refractivity contribution is 6.20. The van der Waals surface area contributed by atoms with Crippen molar-refractivity contribution in [1.29, 1.82) is 0 Å². The molecule has 0 bridgehead atoms. The van der Waals surface area contributed by atoms with Gasteiger partial charge in [0.15, 0.2) is 5.82 Å². The third kappa shape index (κ3) is 6.53. The number of nitrogens with zero attached hydrogens (tertiary/aromatic N) is 4. The standard InChI is InChI=1S/C59H38N4/c1-5-15-39(16-6-1)40-25-29-42(30-26-40)54-38-55(62-59(61-54)45-19-9-3-10-20-45)43-31-27-41(28-32-43)46-33-34-56-50(35-46)51-36-49-48-23-13-14-24-53(48)60-58(44-17-7-2-8-18-44)52(49)37-57(51)63(56)47-21-11-4-12-22-47/h1-38H. The van der Waals surface area contributed by atoms with Crippen molar-refractivity contribution in [1.82, 2.24) is 19.5 Å². The number of pyridine rings is 1. The van der Waals surface area contributed by atoms with Gasteiger partial charge in [0.1, 0.15) is 0 Å². The van der Waals surface area contributed by atoms with Gasteiger partial charge in [0.05, 0.1) is 33.6 Å². The van der Waals surface area contributed by atoms with Crippen LogP contribution < -0.4 is 0 Å². The lowest BCUT2D eigenvalue weighted by molar-refractivity contribution is 1.18. The summed E-state index contributed by atoms with van der Waals surface area (Å²) in [6.07, 6.45) is 0. The molecule has 0 fully saturated rings. The third-order valence-electron chi connectivity index (χ3n) is 12.2. The second-order valence-corrected chi connectivity index (χ2v) is 16.0. The summed E-state index contributed by atoms with van der Waals surface area (Å²) in [4.78, 5) is 15.5. The Kier molecular flexibility index (Phi) is 8.79. The van der Waals surface area contributed by atoms with E-state index in [2.05, 4.69) is 211 Å². The first-order valence-electron chi connectivity index (χ1n) is 21.3. The summed E-state index contributed by atoms with van der Waals surface area (Å²) in [5.74, 6) is 0.701. The molecule has 9 aromatic carbocycles. The Bertz CT molecular complexity index is 3620. The first-order valence-corrected chi connectivity index (χ1v) is 21.3. The summed E-state index contributed by atoms with van der Waals surface area (Å²) < 4.78 is 2.40. The van der Waals surface area contributed by atoms with E-state index in [1.165, 1.54) is 27.3 Å². The van der Waals surface area contributed by atoms with E-state index in [0.717, 1.165) is 83.5 Å². The third-order valence-corrected chi connectivity index (χ3v) is 12.2. The molecule has 12 aromatic rings. The number of fused-ring (bicyclic) bond motifs is 6. The van der Waals surface area contributed by atoms with Crippen LogP contribution >= 0.6 is 0 Å². The zero-order valence-corrected chi connectivity index (χ0v) is 34.2. The number of benzene rings is 9. The number of hydrogen-bond donors (Lipinski definition) is 0. The minimum absolute atomic E-state index is 0.701.